The van der Waals surface area contributed by atoms with Crippen molar-refractivity contribution in [2.75, 3.05) is 13.7 Å². The molecule has 0 aliphatic heterocycles. The minimum absolute atomic E-state index is 0.0337. The number of ketones is 1. The zero-order valence-electron chi connectivity index (χ0n) is 15.8. The van der Waals surface area contributed by atoms with E-state index in [1.165, 1.54) is 7.11 Å². The lowest BCUT2D eigenvalue weighted by Crippen LogP contribution is -2.22. The van der Waals surface area contributed by atoms with E-state index in [4.69, 9.17) is 4.74 Å². The van der Waals surface area contributed by atoms with Crippen LogP contribution < -0.4 is 0 Å². The molecule has 1 N–H and O–H groups in total. The van der Waals surface area contributed by atoms with Gasteiger partial charge in [0.1, 0.15) is 12.2 Å². The zero-order valence-corrected chi connectivity index (χ0v) is 15.8. The summed E-state index contributed by atoms with van der Waals surface area (Å²) in [4.78, 5) is 34.8. The van der Waals surface area contributed by atoms with E-state index in [9.17, 15) is 19.5 Å². The number of hydrogen-bond acceptors (Lipinski definition) is 6. The number of carbonyl (C=O) groups is 3. The second kappa shape index (κ2) is 11.0. The Balaban J connectivity index is 1.71. The average molecular weight is 384 g/mol. The number of aliphatic hydroxyl groups is 1. The summed E-state index contributed by atoms with van der Waals surface area (Å²) in [6.45, 7) is 0.0337. The standard InChI is InChI=1S/C22H24O6/c1-27-22(26)20(24)8-5-13-28-21(25)15-19(23)14-16-9-11-18(12-10-16)17-6-3-2-4-7-17/h2-4,6-7,9-12,20,24H,5,8,13-15H2,1H3/t20-/m1/s1. The van der Waals surface area contributed by atoms with Crippen molar-refractivity contribution in [2.24, 2.45) is 0 Å². The molecule has 1 atom stereocenters. The monoisotopic (exact) mass is 384 g/mol. The summed E-state index contributed by atoms with van der Waals surface area (Å²) in [5.74, 6) is -1.56. The molecule has 0 aromatic heterocycles. The molecule has 148 valence electrons. The van der Waals surface area contributed by atoms with Gasteiger partial charge >= 0.3 is 11.9 Å². The van der Waals surface area contributed by atoms with Crippen LogP contribution in [0.25, 0.3) is 11.1 Å². The molecule has 2 aromatic carbocycles. The van der Waals surface area contributed by atoms with Gasteiger partial charge in [-0.25, -0.2) is 4.79 Å². The first-order valence-corrected chi connectivity index (χ1v) is 9.07. The number of carbonyl (C=O) groups excluding carboxylic acids is 3. The fourth-order valence-electron chi connectivity index (χ4n) is 2.66. The lowest BCUT2D eigenvalue weighted by atomic mass is 10.0. The largest absolute Gasteiger partial charge is 0.467 e. The van der Waals surface area contributed by atoms with E-state index in [2.05, 4.69) is 4.74 Å². The number of Topliss-reactive ketones (excluding diaryl/α,β-unsaturated/α-hetero) is 1. The highest BCUT2D eigenvalue weighted by Gasteiger charge is 2.16. The van der Waals surface area contributed by atoms with Gasteiger partial charge in [0.15, 0.2) is 6.10 Å². The lowest BCUT2D eigenvalue weighted by Gasteiger charge is -2.08. The molecule has 2 rings (SSSR count). The number of aliphatic hydroxyl groups excluding tert-OH is 1. The van der Waals surface area contributed by atoms with Gasteiger partial charge in [0, 0.05) is 6.42 Å². The van der Waals surface area contributed by atoms with E-state index < -0.39 is 18.0 Å². The van der Waals surface area contributed by atoms with Gasteiger partial charge in [-0.2, -0.15) is 0 Å². The second-order valence-corrected chi connectivity index (χ2v) is 6.36. The quantitative estimate of drug-likeness (QED) is 0.385. The van der Waals surface area contributed by atoms with Gasteiger partial charge in [0.25, 0.3) is 0 Å². The van der Waals surface area contributed by atoms with E-state index in [0.717, 1.165) is 16.7 Å². The van der Waals surface area contributed by atoms with Crippen molar-refractivity contribution in [3.8, 4) is 11.1 Å². The third-order valence-electron chi connectivity index (χ3n) is 4.16. The summed E-state index contributed by atoms with van der Waals surface area (Å²) >= 11 is 0. The predicted molar refractivity (Wildman–Crippen MR) is 103 cm³/mol. The van der Waals surface area contributed by atoms with Gasteiger partial charge in [-0.1, -0.05) is 54.6 Å². The van der Waals surface area contributed by atoms with Gasteiger partial charge in [-0.15, -0.1) is 0 Å². The molecule has 28 heavy (non-hydrogen) atoms. The molecular formula is C22H24O6. The molecule has 0 aliphatic carbocycles. The van der Waals surface area contributed by atoms with E-state index in [1.807, 2.05) is 54.6 Å². The van der Waals surface area contributed by atoms with E-state index in [0.29, 0.717) is 6.42 Å². The van der Waals surface area contributed by atoms with Crippen molar-refractivity contribution >= 4 is 17.7 Å². The van der Waals surface area contributed by atoms with E-state index in [1.54, 1.807) is 0 Å². The minimum Gasteiger partial charge on any atom is -0.467 e. The summed E-state index contributed by atoms with van der Waals surface area (Å²) in [6, 6.07) is 17.6. The summed E-state index contributed by atoms with van der Waals surface area (Å²) in [7, 11) is 1.19. The fourth-order valence-corrected chi connectivity index (χ4v) is 2.66. The van der Waals surface area contributed by atoms with Crippen LogP contribution in [0.3, 0.4) is 0 Å². The van der Waals surface area contributed by atoms with Crippen molar-refractivity contribution in [1.82, 2.24) is 0 Å². The molecule has 0 saturated heterocycles. The molecule has 6 heteroatoms. The van der Waals surface area contributed by atoms with Gasteiger partial charge in [-0.3, -0.25) is 9.59 Å². The van der Waals surface area contributed by atoms with Crippen LogP contribution in [0.1, 0.15) is 24.8 Å². The summed E-state index contributed by atoms with van der Waals surface area (Å²) in [5, 5.41) is 9.42. The Morgan fingerprint density at radius 1 is 0.964 bits per heavy atom. The molecule has 0 spiro atoms. The van der Waals surface area contributed by atoms with Crippen molar-refractivity contribution < 1.29 is 29.0 Å². The average Bonchev–Trinajstić information content (AvgIpc) is 2.71. The molecule has 0 bridgehead atoms. The van der Waals surface area contributed by atoms with E-state index in [-0.39, 0.29) is 31.7 Å². The van der Waals surface area contributed by atoms with Gasteiger partial charge < -0.3 is 14.6 Å². The summed E-state index contributed by atoms with van der Waals surface area (Å²) in [5.41, 5.74) is 2.99. The van der Waals surface area contributed by atoms with Gasteiger partial charge in [0.05, 0.1) is 13.7 Å². The normalized spacial score (nSPS) is 11.5. The predicted octanol–water partition coefficient (Wildman–Crippen LogP) is 2.71. The Morgan fingerprint density at radius 2 is 1.61 bits per heavy atom. The Kier molecular flexibility index (Phi) is 8.37. The fraction of sp³-hybridized carbons (Fsp3) is 0.318. The van der Waals surface area contributed by atoms with Gasteiger partial charge in [0.2, 0.25) is 0 Å². The highest BCUT2D eigenvalue weighted by Crippen LogP contribution is 2.19. The van der Waals surface area contributed by atoms with Crippen LogP contribution in [-0.2, 0) is 30.3 Å². The Morgan fingerprint density at radius 3 is 2.25 bits per heavy atom. The maximum atomic E-state index is 12.0. The molecule has 0 heterocycles. The molecule has 0 radical (unpaired) electrons. The first-order valence-electron chi connectivity index (χ1n) is 9.07. The topological polar surface area (TPSA) is 89.9 Å². The first-order chi connectivity index (χ1) is 13.5. The molecule has 0 amide bonds. The lowest BCUT2D eigenvalue weighted by molar-refractivity contribution is -0.151. The van der Waals surface area contributed by atoms with Crippen LogP contribution >= 0.6 is 0 Å². The van der Waals surface area contributed by atoms with Crippen LogP contribution in [0, 0.1) is 0 Å². The SMILES string of the molecule is COC(=O)[C@H](O)CCCOC(=O)CC(=O)Cc1ccc(-c2ccccc2)cc1. The maximum absolute atomic E-state index is 12.0. The first kappa shape index (κ1) is 21.3. The smallest absolute Gasteiger partial charge is 0.334 e. The minimum atomic E-state index is -1.23. The number of methoxy groups -OCH3 is 1. The number of hydrogen-bond donors (Lipinski definition) is 1. The third kappa shape index (κ3) is 6.96. The number of rotatable bonds is 10. The molecule has 0 fully saturated rings. The van der Waals surface area contributed by atoms with Crippen LogP contribution in [0.4, 0.5) is 0 Å². The Bertz CT molecular complexity index is 782. The van der Waals surface area contributed by atoms with Crippen molar-refractivity contribution in [2.45, 2.75) is 31.8 Å². The number of ether oxygens (including phenoxy) is 2. The molecule has 0 saturated carbocycles. The van der Waals surface area contributed by atoms with Gasteiger partial charge in [-0.05, 0) is 29.5 Å². The number of esters is 2. The van der Waals surface area contributed by atoms with Crippen LogP contribution in [0.15, 0.2) is 54.6 Å². The van der Waals surface area contributed by atoms with Crippen LogP contribution in [0.2, 0.25) is 0 Å². The van der Waals surface area contributed by atoms with E-state index >= 15 is 0 Å². The second-order valence-electron chi connectivity index (χ2n) is 6.36. The molecule has 2 aromatic rings. The zero-order chi connectivity index (χ0) is 20.4. The Labute approximate surface area is 164 Å². The van der Waals surface area contributed by atoms with Crippen LogP contribution in [-0.4, -0.2) is 42.6 Å². The highest BCUT2D eigenvalue weighted by atomic mass is 16.5. The molecule has 6 nitrogen and oxygen atoms in total. The van der Waals surface area contributed by atoms with Crippen molar-refractivity contribution in [3.63, 3.8) is 0 Å². The molecule has 0 aliphatic rings. The van der Waals surface area contributed by atoms with Crippen molar-refractivity contribution in [3.05, 3.63) is 60.2 Å². The molecule has 0 unspecified atom stereocenters. The summed E-state index contributed by atoms with van der Waals surface area (Å²) < 4.78 is 9.36. The van der Waals surface area contributed by atoms with Crippen molar-refractivity contribution in [1.29, 1.82) is 0 Å². The highest BCUT2D eigenvalue weighted by molar-refractivity contribution is 5.96. The molecular weight excluding hydrogens is 360 g/mol. The maximum Gasteiger partial charge on any atom is 0.334 e. The number of benzene rings is 2. The Hall–Kier alpha value is -2.99. The summed E-state index contributed by atoms with van der Waals surface area (Å²) in [6.07, 6.45) is -0.950. The van der Waals surface area contributed by atoms with Crippen LogP contribution in [0.5, 0.6) is 0 Å². The third-order valence-corrected chi connectivity index (χ3v) is 4.16.